The molecule has 14 heteroatoms. The zero-order valence-corrected chi connectivity index (χ0v) is 25.2. The van der Waals surface area contributed by atoms with Gasteiger partial charge in [0.05, 0.1) is 29.1 Å². The van der Waals surface area contributed by atoms with E-state index in [0.717, 1.165) is 36.0 Å². The quantitative estimate of drug-likeness (QED) is 0.214. The number of aromatic nitrogens is 2. The Morgan fingerprint density at radius 2 is 1.85 bits per heavy atom. The summed E-state index contributed by atoms with van der Waals surface area (Å²) in [6.45, 7) is -1.53. The second kappa shape index (κ2) is 10.6. The molecule has 1 aliphatic heterocycles. The van der Waals surface area contributed by atoms with Gasteiger partial charge < -0.3 is 25.6 Å². The highest BCUT2D eigenvalue weighted by atomic mass is 32.1. The number of nitrogens with one attached hydrogen (secondary N) is 1. The lowest BCUT2D eigenvalue weighted by Crippen LogP contribution is -2.52. The number of carbonyl (C=O) groups excluding carboxylic acids is 2. The van der Waals surface area contributed by atoms with Crippen molar-refractivity contribution < 1.29 is 41.7 Å². The lowest BCUT2D eigenvalue weighted by atomic mass is 9.76. The van der Waals surface area contributed by atoms with Crippen LogP contribution in [0.1, 0.15) is 58.2 Å². The molecular weight excluding hydrogens is 628 g/mol. The van der Waals surface area contributed by atoms with Gasteiger partial charge in [0.25, 0.3) is 5.91 Å². The maximum atomic E-state index is 14.9. The molecule has 46 heavy (non-hydrogen) atoms. The van der Waals surface area contributed by atoms with Crippen molar-refractivity contribution >= 4 is 33.4 Å². The molecule has 3 heterocycles. The number of halogens is 4. The van der Waals surface area contributed by atoms with Crippen LogP contribution in [0.25, 0.3) is 21.5 Å². The summed E-state index contributed by atoms with van der Waals surface area (Å²) < 4.78 is 70.3. The van der Waals surface area contributed by atoms with Crippen LogP contribution in [-0.4, -0.2) is 53.3 Å². The van der Waals surface area contributed by atoms with Gasteiger partial charge in [-0.15, -0.1) is 11.3 Å². The number of ether oxygens (including phenoxy) is 2. The zero-order valence-electron chi connectivity index (χ0n) is 24.4. The Balaban J connectivity index is 1.29. The zero-order chi connectivity index (χ0) is 32.6. The van der Waals surface area contributed by atoms with Gasteiger partial charge in [-0.25, -0.2) is 14.4 Å². The van der Waals surface area contributed by atoms with Crippen molar-refractivity contribution in [1.82, 2.24) is 15.3 Å². The van der Waals surface area contributed by atoms with E-state index in [1.165, 1.54) is 42.7 Å². The van der Waals surface area contributed by atoms with Crippen molar-refractivity contribution in [1.29, 1.82) is 0 Å². The average Bonchev–Trinajstić information content (AvgIpc) is 3.97. The van der Waals surface area contributed by atoms with Gasteiger partial charge in [0.2, 0.25) is 11.5 Å². The molecule has 2 aromatic carbocycles. The standard InChI is InChI=1S/C32H28F4N4O5S/c1-44-21-10-17(11-22-25(21)40-28(46-22)16-2-3-16)27(41)38-13-31(43,32(34,35)36)23-12-20-26(24(39-23)15-4-8-19(33)9-5-15)45-14-30(20,29(37)42)18-6-7-18/h4-5,8-12,16,18,43H,2-3,6-7,13-14H2,1H3,(H2,37,42)(H,38,41)/t30-,31+/m1/s1. The SMILES string of the molecule is COc1cc(C(=O)NC[C@](O)(c2cc3c(c(-c4ccc(F)cc4)n2)OC[C@@]3(C(N)=O)C2CC2)C(F)(F)F)cc2sc(C3CC3)nc12. The first kappa shape index (κ1) is 30.4. The van der Waals surface area contributed by atoms with E-state index in [0.29, 0.717) is 34.7 Å². The molecule has 0 radical (unpaired) electrons. The number of benzene rings is 2. The van der Waals surface area contributed by atoms with Crippen molar-refractivity contribution in [3.63, 3.8) is 0 Å². The van der Waals surface area contributed by atoms with Gasteiger partial charge in [-0.3, -0.25) is 9.59 Å². The molecule has 2 aliphatic carbocycles. The van der Waals surface area contributed by atoms with E-state index in [4.69, 9.17) is 15.2 Å². The summed E-state index contributed by atoms with van der Waals surface area (Å²) in [6.07, 6.45) is -2.11. The maximum Gasteiger partial charge on any atom is 0.424 e. The van der Waals surface area contributed by atoms with Crippen LogP contribution in [0.5, 0.6) is 11.5 Å². The minimum Gasteiger partial charge on any atom is -0.494 e. The number of carbonyl (C=O) groups is 2. The normalized spacial score (nSPS) is 20.6. The summed E-state index contributed by atoms with van der Waals surface area (Å²) in [7, 11) is 1.41. The third kappa shape index (κ3) is 4.85. The Labute approximate surface area is 263 Å². The molecule has 240 valence electrons. The number of fused-ring (bicyclic) bond motifs is 2. The molecule has 4 N–H and O–H groups in total. The number of hydrogen-bond acceptors (Lipinski definition) is 8. The van der Waals surface area contributed by atoms with Gasteiger partial charge in [-0.05, 0) is 74.1 Å². The molecule has 0 unspecified atom stereocenters. The average molecular weight is 657 g/mol. The third-order valence-electron chi connectivity index (χ3n) is 9.01. The number of pyridine rings is 1. The van der Waals surface area contributed by atoms with E-state index in [1.807, 2.05) is 0 Å². The van der Waals surface area contributed by atoms with Gasteiger partial charge in [-0.1, -0.05) is 0 Å². The maximum absolute atomic E-state index is 14.9. The minimum absolute atomic E-state index is 0.0173. The van der Waals surface area contributed by atoms with Gasteiger partial charge in [0, 0.05) is 22.6 Å². The van der Waals surface area contributed by atoms with Gasteiger partial charge >= 0.3 is 6.18 Å². The van der Waals surface area contributed by atoms with Crippen molar-refractivity contribution in [2.45, 2.75) is 48.8 Å². The predicted molar refractivity (Wildman–Crippen MR) is 159 cm³/mol. The van der Waals surface area contributed by atoms with E-state index < -0.39 is 47.1 Å². The third-order valence-corrected chi connectivity index (χ3v) is 10.2. The molecule has 3 aliphatic rings. The highest BCUT2D eigenvalue weighted by Crippen LogP contribution is 2.56. The van der Waals surface area contributed by atoms with Crippen molar-refractivity contribution in [3.8, 4) is 22.8 Å². The lowest BCUT2D eigenvalue weighted by Gasteiger charge is -2.32. The first-order chi connectivity index (χ1) is 21.9. The van der Waals surface area contributed by atoms with Crippen LogP contribution in [0.2, 0.25) is 0 Å². The number of thiazole rings is 1. The summed E-state index contributed by atoms with van der Waals surface area (Å²) in [6, 6.07) is 8.71. The molecular formula is C32H28F4N4O5S. The van der Waals surface area contributed by atoms with Crippen LogP contribution >= 0.6 is 11.3 Å². The van der Waals surface area contributed by atoms with Crippen molar-refractivity contribution in [2.24, 2.45) is 11.7 Å². The Morgan fingerprint density at radius 3 is 2.46 bits per heavy atom. The molecule has 2 amide bonds. The fraction of sp³-hybridized carbons (Fsp3) is 0.375. The van der Waals surface area contributed by atoms with Crippen LogP contribution in [0.15, 0.2) is 42.5 Å². The number of amides is 2. The fourth-order valence-electron chi connectivity index (χ4n) is 6.06. The molecule has 0 spiro atoms. The Kier molecular flexibility index (Phi) is 7.01. The second-order valence-electron chi connectivity index (χ2n) is 12.0. The van der Waals surface area contributed by atoms with Crippen LogP contribution in [0.3, 0.4) is 0 Å². The van der Waals surface area contributed by atoms with Crippen molar-refractivity contribution in [2.75, 3.05) is 20.3 Å². The van der Waals surface area contributed by atoms with Gasteiger partial charge in [0.15, 0.2) is 0 Å². The summed E-state index contributed by atoms with van der Waals surface area (Å²) >= 11 is 1.39. The number of rotatable bonds is 9. The smallest absolute Gasteiger partial charge is 0.424 e. The molecule has 4 aromatic rings. The largest absolute Gasteiger partial charge is 0.494 e. The molecule has 0 saturated heterocycles. The van der Waals surface area contributed by atoms with E-state index >= 15 is 0 Å². The fourth-order valence-corrected chi connectivity index (χ4v) is 7.26. The topological polar surface area (TPSA) is 137 Å². The highest BCUT2D eigenvalue weighted by Gasteiger charge is 2.60. The summed E-state index contributed by atoms with van der Waals surface area (Å²) in [5, 5.41) is 14.5. The lowest BCUT2D eigenvalue weighted by molar-refractivity contribution is -0.265. The van der Waals surface area contributed by atoms with E-state index in [-0.39, 0.29) is 40.7 Å². The summed E-state index contributed by atoms with van der Waals surface area (Å²) in [5.74, 6) is -1.87. The van der Waals surface area contributed by atoms with Crippen LogP contribution < -0.4 is 20.5 Å². The minimum atomic E-state index is -5.34. The Morgan fingerprint density at radius 1 is 1.13 bits per heavy atom. The number of alkyl halides is 3. The number of hydrogen-bond donors (Lipinski definition) is 3. The summed E-state index contributed by atoms with van der Waals surface area (Å²) in [5.41, 5.74) is 0.520. The first-order valence-corrected chi connectivity index (χ1v) is 15.5. The first-order valence-electron chi connectivity index (χ1n) is 14.7. The number of aliphatic hydroxyl groups is 1. The number of nitrogens with zero attached hydrogens (tertiary/aromatic N) is 2. The van der Waals surface area contributed by atoms with E-state index in [1.54, 1.807) is 0 Å². The highest BCUT2D eigenvalue weighted by molar-refractivity contribution is 7.18. The Bertz CT molecular complexity index is 1890. The van der Waals surface area contributed by atoms with Crippen molar-refractivity contribution in [3.05, 3.63) is 70.1 Å². The van der Waals surface area contributed by atoms with Crippen LogP contribution in [0.4, 0.5) is 17.6 Å². The van der Waals surface area contributed by atoms with E-state index in [2.05, 4.69) is 15.3 Å². The second-order valence-corrected chi connectivity index (χ2v) is 13.1. The molecule has 2 aromatic heterocycles. The monoisotopic (exact) mass is 656 g/mol. The van der Waals surface area contributed by atoms with Gasteiger partial charge in [0.1, 0.15) is 40.5 Å². The molecule has 2 atom stereocenters. The molecule has 2 saturated carbocycles. The molecule has 7 rings (SSSR count). The Hall–Kier alpha value is -4.30. The molecule has 2 fully saturated rings. The van der Waals surface area contributed by atoms with Crippen LogP contribution in [0, 0.1) is 11.7 Å². The number of methoxy groups -OCH3 is 1. The molecule has 0 bridgehead atoms. The van der Waals surface area contributed by atoms with E-state index in [9.17, 15) is 32.3 Å². The summed E-state index contributed by atoms with van der Waals surface area (Å²) in [4.78, 5) is 35.0. The number of primary amides is 1. The predicted octanol–water partition coefficient (Wildman–Crippen LogP) is 5.09. The number of nitrogens with two attached hydrogens (primary N) is 1. The van der Waals surface area contributed by atoms with Crippen LogP contribution in [-0.2, 0) is 15.8 Å². The molecule has 9 nitrogen and oxygen atoms in total. The van der Waals surface area contributed by atoms with Gasteiger partial charge in [-0.2, -0.15) is 13.2 Å².